The summed E-state index contributed by atoms with van der Waals surface area (Å²) in [6, 6.07) is 9.42. The quantitative estimate of drug-likeness (QED) is 0.473. The number of rotatable bonds is 1. The summed E-state index contributed by atoms with van der Waals surface area (Å²) < 4.78 is 11.7. The molecular weight excluding hydrogens is 334 g/mol. The predicted molar refractivity (Wildman–Crippen MR) is 48.1 cm³/mol. The molecule has 0 fully saturated rings. The van der Waals surface area contributed by atoms with Crippen LogP contribution in [0.3, 0.4) is 0 Å². The maximum atomic E-state index is 10.8. The summed E-state index contributed by atoms with van der Waals surface area (Å²) in [6.07, 6.45) is 0. The Kier molecular flexibility index (Phi) is 7.86. The van der Waals surface area contributed by atoms with Crippen LogP contribution in [0.15, 0.2) is 30.3 Å². The number of halogens is 2. The van der Waals surface area contributed by atoms with Crippen molar-refractivity contribution in [3.05, 3.63) is 33.9 Å². The molecule has 0 atom stereocenters. The second-order valence-corrected chi connectivity index (χ2v) is 7.58. The molecule has 1 aromatic carbocycles. The molecule has 0 aliphatic carbocycles. The molecule has 4 heteroatoms. The van der Waals surface area contributed by atoms with E-state index in [-0.39, 0.29) is 51.4 Å². The summed E-state index contributed by atoms with van der Waals surface area (Å²) in [5.41, 5.74) is 0. The minimum absolute atomic E-state index is 0. The molecule has 0 heterocycles. The van der Waals surface area contributed by atoms with Crippen molar-refractivity contribution < 1.29 is 54.8 Å². The van der Waals surface area contributed by atoms with Crippen LogP contribution in [0.25, 0.3) is 0 Å². The van der Waals surface area contributed by atoms with E-state index in [1.54, 1.807) is 0 Å². The Labute approximate surface area is 117 Å². The van der Waals surface area contributed by atoms with Crippen molar-refractivity contribution in [3.8, 4) is 0 Å². The first kappa shape index (κ1) is 12.0. The Morgan fingerprint density at radius 1 is 1.20 bits per heavy atom. The van der Waals surface area contributed by atoms with Crippen molar-refractivity contribution in [3.63, 3.8) is 0 Å². The van der Waals surface area contributed by atoms with Gasteiger partial charge in [-0.05, 0) is 0 Å². The fourth-order valence-electron chi connectivity index (χ4n) is 0.514. The maximum absolute atomic E-state index is 10.8. The second kappa shape index (κ2) is 6.53. The van der Waals surface area contributed by atoms with E-state index < -0.39 is 18.0 Å². The molecule has 0 aliphatic heterocycles. The predicted octanol–water partition coefficient (Wildman–Crippen LogP) is -1.05. The van der Waals surface area contributed by atoms with Gasteiger partial charge in [0.05, 0.1) is 0 Å². The van der Waals surface area contributed by atoms with E-state index in [4.69, 9.17) is 0 Å². The van der Waals surface area contributed by atoms with Gasteiger partial charge in [0.2, 0.25) is 0 Å². The van der Waals surface area contributed by atoms with Crippen molar-refractivity contribution in [2.75, 3.05) is 0 Å². The van der Waals surface area contributed by atoms with Crippen molar-refractivity contribution in [2.45, 2.75) is 0 Å². The summed E-state index contributed by atoms with van der Waals surface area (Å²) in [5.74, 6) is 0. The molecule has 0 N–H and O–H groups in total. The average Bonchev–Trinajstić information content (AvgIpc) is 1.90. The van der Waals surface area contributed by atoms with Crippen LogP contribution >= 0.6 is 30.7 Å². The van der Waals surface area contributed by atoms with Gasteiger partial charge in [-0.1, -0.05) is 0 Å². The molecular formula is C6H5BrIKO. The van der Waals surface area contributed by atoms with Crippen LogP contribution in [0.5, 0.6) is 0 Å². The molecule has 0 bridgehead atoms. The number of hydrogen-bond acceptors (Lipinski definition) is 1. The van der Waals surface area contributed by atoms with Gasteiger partial charge in [0.25, 0.3) is 0 Å². The van der Waals surface area contributed by atoms with E-state index >= 15 is 0 Å². The molecule has 0 amide bonds. The van der Waals surface area contributed by atoms with E-state index in [1.165, 1.54) is 0 Å². The van der Waals surface area contributed by atoms with Gasteiger partial charge in [-0.2, -0.15) is 0 Å². The Hall–Kier alpha value is 2.03. The van der Waals surface area contributed by atoms with Crippen LogP contribution in [0.2, 0.25) is 0 Å². The second-order valence-electron chi connectivity index (χ2n) is 1.50. The Bertz CT molecular complexity index is 180. The standard InChI is InChI=1S/C6H5BrIO.K/c7-8(9)6-4-2-1-3-5-6;/h1-5H;/q-1;+1. The summed E-state index contributed by atoms with van der Waals surface area (Å²) in [4.78, 5) is 0. The van der Waals surface area contributed by atoms with E-state index in [2.05, 4.69) is 12.7 Å². The fourth-order valence-corrected chi connectivity index (χ4v) is 2.83. The van der Waals surface area contributed by atoms with Gasteiger partial charge in [0.15, 0.2) is 0 Å². The fraction of sp³-hybridized carbons (Fsp3) is 0. The SMILES string of the molecule is [K+].[O-]I(Br)c1ccccc1. The van der Waals surface area contributed by atoms with Crippen LogP contribution in [-0.2, 0) is 0 Å². The van der Waals surface area contributed by atoms with Crippen LogP contribution in [0.4, 0.5) is 0 Å². The van der Waals surface area contributed by atoms with E-state index in [1.807, 2.05) is 30.3 Å². The van der Waals surface area contributed by atoms with E-state index in [0.29, 0.717) is 0 Å². The molecule has 10 heavy (non-hydrogen) atoms. The Morgan fingerprint density at radius 3 is 2.00 bits per heavy atom. The zero-order valence-electron chi connectivity index (χ0n) is 5.55. The third kappa shape index (κ3) is 4.15. The van der Waals surface area contributed by atoms with Crippen LogP contribution in [0.1, 0.15) is 0 Å². The summed E-state index contributed by atoms with van der Waals surface area (Å²) >= 11 is 0.965. The molecule has 0 aromatic heterocycles. The molecule has 0 spiro atoms. The summed E-state index contributed by atoms with van der Waals surface area (Å²) in [5, 5.41) is 0. The third-order valence-corrected chi connectivity index (χ3v) is 4.92. The van der Waals surface area contributed by atoms with Crippen LogP contribution in [-0.4, -0.2) is 0 Å². The van der Waals surface area contributed by atoms with Gasteiger partial charge < -0.3 is 0 Å². The van der Waals surface area contributed by atoms with Crippen LogP contribution < -0.4 is 54.8 Å². The molecule has 0 unspecified atom stereocenters. The van der Waals surface area contributed by atoms with Crippen LogP contribution in [0, 0.1) is 3.57 Å². The summed E-state index contributed by atoms with van der Waals surface area (Å²) in [7, 11) is 0. The zero-order valence-corrected chi connectivity index (χ0v) is 12.4. The number of benzene rings is 1. The van der Waals surface area contributed by atoms with Crippen molar-refractivity contribution >= 4 is 30.7 Å². The van der Waals surface area contributed by atoms with Crippen molar-refractivity contribution in [1.29, 1.82) is 0 Å². The first-order valence-electron chi connectivity index (χ1n) is 2.40. The molecule has 1 rings (SSSR count). The van der Waals surface area contributed by atoms with E-state index in [0.717, 1.165) is 3.57 Å². The third-order valence-electron chi connectivity index (χ3n) is 0.905. The Balaban J connectivity index is 0.000000810. The van der Waals surface area contributed by atoms with Gasteiger partial charge >= 0.3 is 119 Å². The molecule has 1 nitrogen and oxygen atoms in total. The molecule has 0 aliphatic rings. The van der Waals surface area contributed by atoms with E-state index in [9.17, 15) is 3.44 Å². The summed E-state index contributed by atoms with van der Waals surface area (Å²) in [6.45, 7) is 0. The molecule has 1 aromatic rings. The zero-order chi connectivity index (χ0) is 6.69. The topological polar surface area (TPSA) is 23.1 Å². The first-order valence-corrected chi connectivity index (χ1v) is 9.19. The van der Waals surface area contributed by atoms with Gasteiger partial charge in [-0.25, -0.2) is 0 Å². The van der Waals surface area contributed by atoms with Gasteiger partial charge in [-0.15, -0.1) is 0 Å². The van der Waals surface area contributed by atoms with Gasteiger partial charge in [0, 0.05) is 0 Å². The van der Waals surface area contributed by atoms with Gasteiger partial charge in [0.1, 0.15) is 0 Å². The normalized spacial score (nSPS) is 10.0. The molecule has 0 saturated heterocycles. The average molecular weight is 339 g/mol. The minimum atomic E-state index is -2.12. The van der Waals surface area contributed by atoms with Crippen molar-refractivity contribution in [2.24, 2.45) is 0 Å². The molecule has 0 radical (unpaired) electrons. The molecule has 50 valence electrons. The molecule has 0 saturated carbocycles. The Morgan fingerprint density at radius 2 is 1.70 bits per heavy atom. The first-order chi connectivity index (χ1) is 4.30. The van der Waals surface area contributed by atoms with Crippen molar-refractivity contribution in [1.82, 2.24) is 0 Å². The van der Waals surface area contributed by atoms with Gasteiger partial charge in [-0.3, -0.25) is 0 Å². The monoisotopic (exact) mass is 338 g/mol. The number of hydrogen-bond donors (Lipinski definition) is 0.